The zero-order valence-electron chi connectivity index (χ0n) is 14.8. The van der Waals surface area contributed by atoms with Crippen molar-refractivity contribution in [3.05, 3.63) is 78.9 Å². The molecule has 2 aromatic carbocycles. The maximum Gasteiger partial charge on any atom is -0.00940 e. The number of hydrogen-bond acceptors (Lipinski definition) is 0. The second-order valence-corrected chi connectivity index (χ2v) is 4.40. The molecule has 22 heavy (non-hydrogen) atoms. The fourth-order valence-electron chi connectivity index (χ4n) is 2.30. The zero-order chi connectivity index (χ0) is 17.0. The lowest BCUT2D eigenvalue weighted by Crippen LogP contribution is -1.88. The predicted molar refractivity (Wildman–Crippen MR) is 104 cm³/mol. The van der Waals surface area contributed by atoms with Gasteiger partial charge >= 0.3 is 0 Å². The third-order valence-corrected chi connectivity index (χ3v) is 3.17. The standard InChI is InChI=1S/C18H18.2C2H6/c1-4-8-15(9-5-2)17-13-12-14(3)16-10-6-7-11-18(16)17;2*1-2/h4-8,10-13H,1-2,9H2,3H3;2*1-2H3/b15-8+;;. The summed E-state index contributed by atoms with van der Waals surface area (Å²) >= 11 is 0. The highest BCUT2D eigenvalue weighted by Crippen LogP contribution is 2.29. The molecule has 0 heteroatoms. The van der Waals surface area contributed by atoms with Gasteiger partial charge in [0.25, 0.3) is 0 Å². The molecule has 0 N–H and O–H groups in total. The molecule has 2 rings (SSSR count). The topological polar surface area (TPSA) is 0 Å². The predicted octanol–water partition coefficient (Wildman–Crippen LogP) is 7.35. The minimum atomic E-state index is 0.860. The van der Waals surface area contributed by atoms with E-state index in [0.717, 1.165) is 6.42 Å². The van der Waals surface area contributed by atoms with Gasteiger partial charge in [0.15, 0.2) is 0 Å². The van der Waals surface area contributed by atoms with Gasteiger partial charge in [-0.15, -0.1) is 6.58 Å². The highest BCUT2D eigenvalue weighted by Gasteiger charge is 2.06. The molecule has 0 spiro atoms. The van der Waals surface area contributed by atoms with Crippen LogP contribution in [0.2, 0.25) is 0 Å². The Bertz CT molecular complexity index is 615. The first-order valence-electron chi connectivity index (χ1n) is 8.19. The second-order valence-electron chi connectivity index (χ2n) is 4.40. The first kappa shape index (κ1) is 19.9. The fraction of sp³-hybridized carbons (Fsp3) is 0.273. The van der Waals surface area contributed by atoms with Crippen LogP contribution in [0.25, 0.3) is 16.3 Å². The first-order valence-corrected chi connectivity index (χ1v) is 8.19. The van der Waals surface area contributed by atoms with Gasteiger partial charge < -0.3 is 0 Å². The lowest BCUT2D eigenvalue weighted by Gasteiger charge is -2.11. The summed E-state index contributed by atoms with van der Waals surface area (Å²) in [6, 6.07) is 12.9. The van der Waals surface area contributed by atoms with E-state index in [1.165, 1.54) is 27.5 Å². The number of benzene rings is 2. The van der Waals surface area contributed by atoms with Gasteiger partial charge in [0, 0.05) is 0 Å². The molecule has 0 aliphatic carbocycles. The molecule has 2 aromatic rings. The quantitative estimate of drug-likeness (QED) is 0.408. The molecule has 0 nitrogen and oxygen atoms in total. The normalized spacial score (nSPS) is 9.95. The van der Waals surface area contributed by atoms with Crippen molar-refractivity contribution >= 4 is 16.3 Å². The van der Waals surface area contributed by atoms with Gasteiger partial charge in [-0.25, -0.2) is 0 Å². The third kappa shape index (κ3) is 5.04. The summed E-state index contributed by atoms with van der Waals surface area (Å²) in [5.41, 5.74) is 3.85. The smallest absolute Gasteiger partial charge is 0.00940 e. The van der Waals surface area contributed by atoms with E-state index in [9.17, 15) is 0 Å². The number of allylic oxidation sites excluding steroid dienone is 4. The van der Waals surface area contributed by atoms with Crippen molar-refractivity contribution in [3.63, 3.8) is 0 Å². The lowest BCUT2D eigenvalue weighted by atomic mass is 9.93. The Morgan fingerprint density at radius 2 is 1.50 bits per heavy atom. The Hall–Kier alpha value is -2.08. The average Bonchev–Trinajstić information content (AvgIpc) is 2.59. The minimum absolute atomic E-state index is 0.860. The third-order valence-electron chi connectivity index (χ3n) is 3.17. The molecule has 0 amide bonds. The van der Waals surface area contributed by atoms with Gasteiger partial charge in [-0.3, -0.25) is 0 Å². The molecule has 0 aromatic heterocycles. The zero-order valence-corrected chi connectivity index (χ0v) is 14.8. The summed E-state index contributed by atoms with van der Waals surface area (Å²) in [5.74, 6) is 0. The Morgan fingerprint density at radius 3 is 2.05 bits per heavy atom. The molecule has 0 aliphatic rings. The van der Waals surface area contributed by atoms with Gasteiger partial charge in [0.05, 0.1) is 0 Å². The van der Waals surface area contributed by atoms with Crippen LogP contribution in [0, 0.1) is 6.92 Å². The largest absolute Gasteiger partial charge is 0.103 e. The molecule has 0 unspecified atom stereocenters. The lowest BCUT2D eigenvalue weighted by molar-refractivity contribution is 1.40. The molecular weight excluding hydrogens is 264 g/mol. The average molecular weight is 294 g/mol. The molecule has 0 fully saturated rings. The monoisotopic (exact) mass is 294 g/mol. The van der Waals surface area contributed by atoms with Gasteiger partial charge in [0.2, 0.25) is 0 Å². The van der Waals surface area contributed by atoms with Crippen LogP contribution in [0.4, 0.5) is 0 Å². The Labute approximate surface area is 136 Å². The van der Waals surface area contributed by atoms with E-state index in [-0.39, 0.29) is 0 Å². The molecule has 118 valence electrons. The molecule has 0 atom stereocenters. The summed E-state index contributed by atoms with van der Waals surface area (Å²) in [7, 11) is 0. The molecule has 0 saturated heterocycles. The summed E-state index contributed by atoms with van der Waals surface area (Å²) in [6.45, 7) is 17.8. The van der Waals surface area contributed by atoms with Crippen molar-refractivity contribution < 1.29 is 0 Å². The van der Waals surface area contributed by atoms with E-state index in [0.29, 0.717) is 0 Å². The van der Waals surface area contributed by atoms with Gasteiger partial charge in [-0.05, 0) is 40.8 Å². The summed E-state index contributed by atoms with van der Waals surface area (Å²) < 4.78 is 0. The van der Waals surface area contributed by atoms with Gasteiger partial charge in [-0.2, -0.15) is 0 Å². The highest BCUT2D eigenvalue weighted by molar-refractivity contribution is 5.96. The number of aryl methyl sites for hydroxylation is 1. The van der Waals surface area contributed by atoms with E-state index in [1.54, 1.807) is 0 Å². The van der Waals surface area contributed by atoms with Crippen molar-refractivity contribution in [1.82, 2.24) is 0 Å². The number of fused-ring (bicyclic) bond motifs is 1. The Balaban J connectivity index is 0.00000102. The maximum absolute atomic E-state index is 3.83. The molecule has 0 saturated carbocycles. The molecular formula is C22H30. The molecule has 0 bridgehead atoms. The van der Waals surface area contributed by atoms with Crippen LogP contribution in [0.15, 0.2) is 67.8 Å². The minimum Gasteiger partial charge on any atom is -0.103 e. The van der Waals surface area contributed by atoms with Crippen molar-refractivity contribution in [2.45, 2.75) is 41.0 Å². The van der Waals surface area contributed by atoms with Crippen LogP contribution in [0.1, 0.15) is 45.2 Å². The van der Waals surface area contributed by atoms with Gasteiger partial charge in [-0.1, -0.05) is 88.9 Å². The van der Waals surface area contributed by atoms with Crippen molar-refractivity contribution in [1.29, 1.82) is 0 Å². The van der Waals surface area contributed by atoms with Crippen molar-refractivity contribution in [2.75, 3.05) is 0 Å². The van der Waals surface area contributed by atoms with Crippen LogP contribution in [-0.4, -0.2) is 0 Å². The van der Waals surface area contributed by atoms with Crippen LogP contribution < -0.4 is 0 Å². The Kier molecular flexibility index (Phi) is 10.5. The second kappa shape index (κ2) is 11.6. The number of hydrogen-bond donors (Lipinski definition) is 0. The number of rotatable bonds is 4. The summed E-state index contributed by atoms with van der Waals surface area (Å²) in [5, 5.41) is 2.61. The maximum atomic E-state index is 3.83. The summed E-state index contributed by atoms with van der Waals surface area (Å²) in [4.78, 5) is 0. The highest BCUT2D eigenvalue weighted by atomic mass is 14.1. The van der Waals surface area contributed by atoms with E-state index in [2.05, 4.69) is 62.6 Å². The first-order chi connectivity index (χ1) is 10.8. The van der Waals surface area contributed by atoms with Crippen molar-refractivity contribution in [3.8, 4) is 0 Å². The SMILES string of the molecule is C=C/C=C(\CC=C)c1ccc(C)c2ccccc12.CC.CC. The van der Waals surface area contributed by atoms with E-state index in [4.69, 9.17) is 0 Å². The van der Waals surface area contributed by atoms with E-state index < -0.39 is 0 Å². The molecule has 0 aliphatic heterocycles. The van der Waals surface area contributed by atoms with Crippen LogP contribution in [-0.2, 0) is 0 Å². The van der Waals surface area contributed by atoms with Crippen LogP contribution in [0.5, 0.6) is 0 Å². The van der Waals surface area contributed by atoms with Crippen molar-refractivity contribution in [2.24, 2.45) is 0 Å². The van der Waals surface area contributed by atoms with E-state index in [1.807, 2.05) is 39.8 Å². The Morgan fingerprint density at radius 1 is 0.909 bits per heavy atom. The van der Waals surface area contributed by atoms with Gasteiger partial charge in [0.1, 0.15) is 0 Å². The molecule has 0 heterocycles. The molecule has 0 radical (unpaired) electrons. The fourth-order valence-corrected chi connectivity index (χ4v) is 2.30. The van der Waals surface area contributed by atoms with Crippen LogP contribution >= 0.6 is 0 Å². The summed E-state index contributed by atoms with van der Waals surface area (Å²) in [6.07, 6.45) is 6.70. The van der Waals surface area contributed by atoms with Crippen LogP contribution in [0.3, 0.4) is 0 Å². The van der Waals surface area contributed by atoms with E-state index >= 15 is 0 Å².